The maximum absolute atomic E-state index is 10.2. The lowest BCUT2D eigenvalue weighted by Gasteiger charge is -2.08. The molecule has 64 valence electrons. The fraction of sp³-hybridized carbons (Fsp3) is 0.333. The summed E-state index contributed by atoms with van der Waals surface area (Å²) < 4.78 is 14.5. The van der Waals surface area contributed by atoms with Gasteiger partial charge in [-0.2, -0.15) is 0 Å². The number of rotatable bonds is 4. The van der Waals surface area contributed by atoms with E-state index in [1.165, 1.54) is 19.1 Å². The molecule has 0 bridgehead atoms. The van der Waals surface area contributed by atoms with Gasteiger partial charge in [-0.05, 0) is 6.92 Å². The van der Waals surface area contributed by atoms with Gasteiger partial charge in [-0.25, -0.2) is 4.57 Å². The van der Waals surface area contributed by atoms with E-state index in [0.717, 1.165) is 0 Å². The molecule has 0 aliphatic heterocycles. The molecule has 0 radical (unpaired) electrons. The Kier molecular flexibility index (Phi) is 4.30. The minimum absolute atomic E-state index is 0.603. The van der Waals surface area contributed by atoms with Crippen LogP contribution < -0.4 is 0 Å². The van der Waals surface area contributed by atoms with Crippen molar-refractivity contribution in [2.24, 2.45) is 0 Å². The quantitative estimate of drug-likeness (QED) is 0.501. The van der Waals surface area contributed by atoms with Crippen LogP contribution in [0.5, 0.6) is 0 Å². The van der Waals surface area contributed by atoms with Crippen molar-refractivity contribution in [3.05, 3.63) is 24.8 Å². The van der Waals surface area contributed by atoms with Crippen LogP contribution >= 0.6 is 7.82 Å². The van der Waals surface area contributed by atoms with E-state index in [1.807, 2.05) is 0 Å². The molecule has 1 atom stereocenters. The van der Waals surface area contributed by atoms with E-state index in [9.17, 15) is 4.57 Å². The third-order valence-electron chi connectivity index (χ3n) is 0.822. The molecule has 0 aromatic carbocycles. The Morgan fingerprint density at radius 3 is 2.55 bits per heavy atom. The highest BCUT2D eigenvalue weighted by Crippen LogP contribution is 2.37. The Labute approximate surface area is 65.4 Å². The molecule has 11 heavy (non-hydrogen) atoms. The van der Waals surface area contributed by atoms with E-state index in [-0.39, 0.29) is 0 Å². The molecule has 0 amide bonds. The van der Waals surface area contributed by atoms with Gasteiger partial charge >= 0.3 is 7.82 Å². The molecule has 2 N–H and O–H groups in total. The summed E-state index contributed by atoms with van der Waals surface area (Å²) in [5.41, 5.74) is 0. The van der Waals surface area contributed by atoms with E-state index in [4.69, 9.17) is 9.79 Å². The maximum atomic E-state index is 10.2. The van der Waals surface area contributed by atoms with Crippen LogP contribution in [0.1, 0.15) is 6.92 Å². The summed E-state index contributed by atoms with van der Waals surface area (Å²) in [4.78, 5) is 16.6. The molecule has 0 aromatic heterocycles. The minimum Gasteiger partial charge on any atom is -0.303 e. The second-order valence-electron chi connectivity index (χ2n) is 1.92. The molecule has 0 rings (SSSR count). The van der Waals surface area contributed by atoms with Crippen LogP contribution in [0.25, 0.3) is 0 Å². The molecule has 1 unspecified atom stereocenters. The normalized spacial score (nSPS) is 15.2. The lowest BCUT2D eigenvalue weighted by Crippen LogP contribution is -2.01. The summed E-state index contributed by atoms with van der Waals surface area (Å²) in [5, 5.41) is 0. The average molecular weight is 178 g/mol. The van der Waals surface area contributed by atoms with Crippen LogP contribution in [0.2, 0.25) is 0 Å². The van der Waals surface area contributed by atoms with Crippen molar-refractivity contribution in [3.63, 3.8) is 0 Å². The zero-order valence-corrected chi connectivity index (χ0v) is 7.07. The number of hydrogen-bond donors (Lipinski definition) is 2. The van der Waals surface area contributed by atoms with Crippen LogP contribution in [-0.4, -0.2) is 15.9 Å². The van der Waals surface area contributed by atoms with Gasteiger partial charge in [0.2, 0.25) is 0 Å². The van der Waals surface area contributed by atoms with E-state index in [1.54, 1.807) is 6.08 Å². The van der Waals surface area contributed by atoms with Crippen LogP contribution in [-0.2, 0) is 9.09 Å². The maximum Gasteiger partial charge on any atom is 0.470 e. The number of hydrogen-bond acceptors (Lipinski definition) is 2. The zero-order chi connectivity index (χ0) is 8.91. The molecule has 0 heterocycles. The fourth-order valence-electron chi connectivity index (χ4n) is 0.487. The largest absolute Gasteiger partial charge is 0.470 e. The Balaban J connectivity index is 3.88. The highest BCUT2D eigenvalue weighted by Gasteiger charge is 2.16. The first-order chi connectivity index (χ1) is 4.95. The highest BCUT2D eigenvalue weighted by molar-refractivity contribution is 7.46. The number of phosphoric acid groups is 1. The molecule has 4 nitrogen and oxygen atoms in total. The van der Waals surface area contributed by atoms with Gasteiger partial charge in [0.05, 0.1) is 6.10 Å². The summed E-state index contributed by atoms with van der Waals surface area (Å²) in [7, 11) is -4.35. The molecule has 5 heteroatoms. The third-order valence-corrected chi connectivity index (χ3v) is 1.43. The smallest absolute Gasteiger partial charge is 0.303 e. The topological polar surface area (TPSA) is 66.8 Å². The molecular formula is C6H11O4P. The molecule has 0 aliphatic rings. The molecule has 0 spiro atoms. The van der Waals surface area contributed by atoms with Gasteiger partial charge in [0, 0.05) is 0 Å². The van der Waals surface area contributed by atoms with Gasteiger partial charge in [0.15, 0.2) is 0 Å². The first-order valence-corrected chi connectivity index (χ1v) is 4.52. The van der Waals surface area contributed by atoms with Gasteiger partial charge in [-0.1, -0.05) is 24.8 Å². The molecule has 0 saturated heterocycles. The average Bonchev–Trinajstić information content (AvgIpc) is 1.79. The van der Waals surface area contributed by atoms with Crippen molar-refractivity contribution in [1.82, 2.24) is 0 Å². The molecule has 0 aromatic rings. The van der Waals surface area contributed by atoms with E-state index in [0.29, 0.717) is 0 Å². The van der Waals surface area contributed by atoms with Crippen molar-refractivity contribution in [2.75, 3.05) is 0 Å². The molecule has 0 saturated carbocycles. The molecular weight excluding hydrogens is 167 g/mol. The summed E-state index contributed by atoms with van der Waals surface area (Å²) in [5.74, 6) is 0. The number of phosphoric ester groups is 1. The van der Waals surface area contributed by atoms with Crippen molar-refractivity contribution in [2.45, 2.75) is 13.0 Å². The Morgan fingerprint density at radius 2 is 2.18 bits per heavy atom. The second-order valence-corrected chi connectivity index (χ2v) is 3.11. The van der Waals surface area contributed by atoms with Gasteiger partial charge in [0.1, 0.15) is 0 Å². The Morgan fingerprint density at radius 1 is 1.64 bits per heavy atom. The number of allylic oxidation sites excluding steroid dienone is 2. The van der Waals surface area contributed by atoms with E-state index < -0.39 is 13.9 Å². The van der Waals surface area contributed by atoms with Gasteiger partial charge in [0.25, 0.3) is 0 Å². The van der Waals surface area contributed by atoms with Crippen LogP contribution in [0.4, 0.5) is 0 Å². The summed E-state index contributed by atoms with van der Waals surface area (Å²) in [6.07, 6.45) is 3.94. The first-order valence-electron chi connectivity index (χ1n) is 2.99. The first kappa shape index (κ1) is 10.6. The monoisotopic (exact) mass is 178 g/mol. The van der Waals surface area contributed by atoms with E-state index in [2.05, 4.69) is 11.1 Å². The van der Waals surface area contributed by atoms with Gasteiger partial charge in [-0.3, -0.25) is 4.52 Å². The second kappa shape index (κ2) is 4.46. The fourth-order valence-corrected chi connectivity index (χ4v) is 0.990. The Hall–Kier alpha value is -0.410. The van der Waals surface area contributed by atoms with Crippen LogP contribution in [0.15, 0.2) is 24.8 Å². The minimum atomic E-state index is -4.35. The standard InChI is InChI=1S/C6H11O4P/c1-3-4-5-6(2)10-11(7,8)9/h3-6H,1H2,2H3,(H2,7,8,9). The van der Waals surface area contributed by atoms with Crippen molar-refractivity contribution in [1.29, 1.82) is 0 Å². The van der Waals surface area contributed by atoms with Crippen molar-refractivity contribution >= 4 is 7.82 Å². The molecule has 0 aliphatic carbocycles. The zero-order valence-electron chi connectivity index (χ0n) is 6.17. The SMILES string of the molecule is C=CC=CC(C)OP(=O)(O)O. The predicted molar refractivity (Wildman–Crippen MR) is 41.9 cm³/mol. The van der Waals surface area contributed by atoms with Crippen molar-refractivity contribution in [3.8, 4) is 0 Å². The molecule has 0 fully saturated rings. The summed E-state index contributed by atoms with van der Waals surface area (Å²) in [6.45, 7) is 4.92. The van der Waals surface area contributed by atoms with Gasteiger partial charge < -0.3 is 9.79 Å². The van der Waals surface area contributed by atoms with Crippen LogP contribution in [0, 0.1) is 0 Å². The van der Waals surface area contributed by atoms with E-state index >= 15 is 0 Å². The van der Waals surface area contributed by atoms with Gasteiger partial charge in [-0.15, -0.1) is 0 Å². The third kappa shape index (κ3) is 7.49. The summed E-state index contributed by atoms with van der Waals surface area (Å²) in [6, 6.07) is 0. The highest BCUT2D eigenvalue weighted by atomic mass is 31.2. The summed E-state index contributed by atoms with van der Waals surface area (Å²) >= 11 is 0. The Bertz CT molecular complexity index is 193. The lowest BCUT2D eigenvalue weighted by atomic mass is 10.3. The van der Waals surface area contributed by atoms with Crippen LogP contribution in [0.3, 0.4) is 0 Å². The van der Waals surface area contributed by atoms with Crippen molar-refractivity contribution < 1.29 is 18.9 Å². The lowest BCUT2D eigenvalue weighted by molar-refractivity contribution is 0.171. The predicted octanol–water partition coefficient (Wildman–Crippen LogP) is 1.23.